The van der Waals surface area contributed by atoms with E-state index in [4.69, 9.17) is 0 Å². The predicted molar refractivity (Wildman–Crippen MR) is 116 cm³/mol. The van der Waals surface area contributed by atoms with Gasteiger partial charge in [0.15, 0.2) is 5.13 Å². The van der Waals surface area contributed by atoms with Crippen molar-refractivity contribution in [3.05, 3.63) is 70.7 Å². The summed E-state index contributed by atoms with van der Waals surface area (Å²) in [4.78, 5) is 20.0. The number of thiazole rings is 1. The Kier molecular flexibility index (Phi) is 5.99. The van der Waals surface area contributed by atoms with Crippen LogP contribution in [0.5, 0.6) is 0 Å². The first-order chi connectivity index (χ1) is 14.2. The van der Waals surface area contributed by atoms with Crippen molar-refractivity contribution in [1.29, 1.82) is 5.26 Å². The van der Waals surface area contributed by atoms with Crippen LogP contribution in [0.1, 0.15) is 40.9 Å². The van der Waals surface area contributed by atoms with Gasteiger partial charge in [-0.25, -0.2) is 4.98 Å². The normalized spacial score (nSPS) is 14.3. The van der Waals surface area contributed by atoms with Crippen LogP contribution in [0.15, 0.2) is 53.9 Å². The quantitative estimate of drug-likeness (QED) is 0.658. The fourth-order valence-corrected chi connectivity index (χ4v) is 4.38. The lowest BCUT2D eigenvalue weighted by Crippen LogP contribution is -2.29. The maximum Gasteiger partial charge on any atom is 0.258 e. The number of carbonyl (C=O) groups excluding carboxylic acids is 1. The zero-order chi connectivity index (χ0) is 20.1. The van der Waals surface area contributed by atoms with E-state index in [1.54, 1.807) is 12.1 Å². The van der Waals surface area contributed by atoms with Gasteiger partial charge in [-0.15, -0.1) is 11.3 Å². The monoisotopic (exact) mass is 402 g/mol. The number of benzene rings is 2. The lowest BCUT2D eigenvalue weighted by atomic mass is 9.95. The van der Waals surface area contributed by atoms with E-state index in [9.17, 15) is 10.1 Å². The molecule has 5 nitrogen and oxygen atoms in total. The van der Waals surface area contributed by atoms with E-state index in [1.807, 2.05) is 41.8 Å². The van der Waals surface area contributed by atoms with Crippen LogP contribution >= 0.6 is 11.3 Å². The van der Waals surface area contributed by atoms with E-state index in [1.165, 1.54) is 30.6 Å². The summed E-state index contributed by atoms with van der Waals surface area (Å²) in [6, 6.07) is 16.9. The van der Waals surface area contributed by atoms with Gasteiger partial charge in [-0.05, 0) is 43.6 Å². The molecule has 1 aliphatic rings. The number of likely N-dealkylation sites (tertiary alicyclic amines) is 1. The van der Waals surface area contributed by atoms with Gasteiger partial charge in [0.2, 0.25) is 0 Å². The number of nitriles is 1. The zero-order valence-corrected chi connectivity index (χ0v) is 16.9. The summed E-state index contributed by atoms with van der Waals surface area (Å²) in [5, 5.41) is 15.0. The summed E-state index contributed by atoms with van der Waals surface area (Å²) < 4.78 is 0. The van der Waals surface area contributed by atoms with Crippen molar-refractivity contribution in [2.75, 3.05) is 18.4 Å². The molecule has 0 aliphatic carbocycles. The molecule has 2 heterocycles. The molecule has 0 bridgehead atoms. The number of carbonyl (C=O) groups is 1. The largest absolute Gasteiger partial charge is 0.298 e. The maximum atomic E-state index is 13.0. The van der Waals surface area contributed by atoms with Crippen molar-refractivity contribution >= 4 is 22.4 Å². The lowest BCUT2D eigenvalue weighted by Gasteiger charge is -2.25. The van der Waals surface area contributed by atoms with Crippen LogP contribution < -0.4 is 5.32 Å². The minimum Gasteiger partial charge on any atom is -0.298 e. The highest BCUT2D eigenvalue weighted by Gasteiger charge is 2.17. The third-order valence-corrected chi connectivity index (χ3v) is 5.92. The molecule has 1 aliphatic heterocycles. The molecule has 1 amide bonds. The first-order valence-electron chi connectivity index (χ1n) is 9.81. The molecule has 0 spiro atoms. The Hall–Kier alpha value is -3.01. The molecule has 6 heteroatoms. The topological polar surface area (TPSA) is 69.0 Å². The highest BCUT2D eigenvalue weighted by molar-refractivity contribution is 7.14. The van der Waals surface area contributed by atoms with Crippen molar-refractivity contribution in [3.63, 3.8) is 0 Å². The van der Waals surface area contributed by atoms with Crippen LogP contribution in [0, 0.1) is 11.3 Å². The smallest absolute Gasteiger partial charge is 0.258 e. The van der Waals surface area contributed by atoms with E-state index in [2.05, 4.69) is 21.3 Å². The number of piperidine rings is 1. The molecule has 0 unspecified atom stereocenters. The molecule has 0 atom stereocenters. The Bertz CT molecular complexity index is 1050. The molecule has 1 saturated heterocycles. The van der Waals surface area contributed by atoms with E-state index in [0.717, 1.165) is 36.5 Å². The van der Waals surface area contributed by atoms with Gasteiger partial charge in [0.1, 0.15) is 0 Å². The molecule has 2 aromatic carbocycles. The first-order valence-corrected chi connectivity index (χ1v) is 10.7. The second-order valence-corrected chi connectivity index (χ2v) is 8.00. The molecule has 146 valence electrons. The third kappa shape index (κ3) is 4.53. The first kappa shape index (κ1) is 19.3. The maximum absolute atomic E-state index is 13.0. The summed E-state index contributed by atoms with van der Waals surface area (Å²) >= 11 is 1.45. The molecule has 0 saturated carbocycles. The SMILES string of the molecule is N#Cc1ccccc1-c1ccccc1C(=O)Nc1nc(CN2CCCCC2)cs1. The van der Waals surface area contributed by atoms with Crippen LogP contribution in [0.25, 0.3) is 11.1 Å². The summed E-state index contributed by atoms with van der Waals surface area (Å²) in [5.41, 5.74) is 3.57. The van der Waals surface area contributed by atoms with E-state index >= 15 is 0 Å². The van der Waals surface area contributed by atoms with Crippen molar-refractivity contribution < 1.29 is 4.79 Å². The Labute approximate surface area is 174 Å². The van der Waals surface area contributed by atoms with Gasteiger partial charge in [0.05, 0.1) is 17.3 Å². The Morgan fingerprint density at radius 2 is 1.79 bits per heavy atom. The average molecular weight is 403 g/mol. The highest BCUT2D eigenvalue weighted by Crippen LogP contribution is 2.28. The summed E-state index contributed by atoms with van der Waals surface area (Å²) in [6.07, 6.45) is 3.80. The number of amides is 1. The van der Waals surface area contributed by atoms with Crippen molar-refractivity contribution in [2.45, 2.75) is 25.8 Å². The van der Waals surface area contributed by atoms with Gasteiger partial charge in [-0.2, -0.15) is 5.26 Å². The molecule has 0 radical (unpaired) electrons. The average Bonchev–Trinajstić information content (AvgIpc) is 3.21. The van der Waals surface area contributed by atoms with Crippen molar-refractivity contribution in [1.82, 2.24) is 9.88 Å². The van der Waals surface area contributed by atoms with Crippen LogP contribution in [-0.4, -0.2) is 28.9 Å². The third-order valence-electron chi connectivity index (χ3n) is 5.12. The second-order valence-electron chi connectivity index (χ2n) is 7.14. The van der Waals surface area contributed by atoms with Crippen molar-refractivity contribution in [2.24, 2.45) is 0 Å². The number of rotatable bonds is 5. The molecule has 29 heavy (non-hydrogen) atoms. The Morgan fingerprint density at radius 1 is 1.07 bits per heavy atom. The molecular formula is C23H22N4OS. The highest BCUT2D eigenvalue weighted by atomic mass is 32.1. The zero-order valence-electron chi connectivity index (χ0n) is 16.1. The predicted octanol–water partition coefficient (Wildman–Crippen LogP) is 4.92. The van der Waals surface area contributed by atoms with Gasteiger partial charge in [-0.3, -0.25) is 15.0 Å². The minimum atomic E-state index is -0.216. The summed E-state index contributed by atoms with van der Waals surface area (Å²) in [7, 11) is 0. The lowest BCUT2D eigenvalue weighted by molar-refractivity contribution is 0.102. The summed E-state index contributed by atoms with van der Waals surface area (Å²) in [5.74, 6) is -0.216. The molecule has 4 rings (SSSR count). The van der Waals surface area contributed by atoms with Gasteiger partial charge >= 0.3 is 0 Å². The van der Waals surface area contributed by atoms with Crippen LogP contribution in [-0.2, 0) is 6.54 Å². The Morgan fingerprint density at radius 3 is 2.59 bits per heavy atom. The number of hydrogen-bond donors (Lipinski definition) is 1. The fraction of sp³-hybridized carbons (Fsp3) is 0.261. The molecule has 3 aromatic rings. The van der Waals surface area contributed by atoms with Gasteiger partial charge in [0, 0.05) is 23.1 Å². The fourth-order valence-electron chi connectivity index (χ4n) is 3.68. The minimum absolute atomic E-state index is 0.216. The van der Waals surface area contributed by atoms with E-state index in [0.29, 0.717) is 16.3 Å². The second kappa shape index (κ2) is 8.99. The molecular weight excluding hydrogens is 380 g/mol. The van der Waals surface area contributed by atoms with E-state index < -0.39 is 0 Å². The standard InChI is InChI=1S/C23H22N4OS/c24-14-17-8-2-3-9-19(17)20-10-4-5-11-21(20)22(28)26-23-25-18(16-29-23)15-27-12-6-1-7-13-27/h2-5,8-11,16H,1,6-7,12-13,15H2,(H,25,26,28). The van der Waals surface area contributed by atoms with Gasteiger partial charge < -0.3 is 0 Å². The van der Waals surface area contributed by atoms with Gasteiger partial charge in [-0.1, -0.05) is 42.8 Å². The van der Waals surface area contributed by atoms with Crippen molar-refractivity contribution in [3.8, 4) is 17.2 Å². The Balaban J connectivity index is 1.52. The molecule has 1 fully saturated rings. The molecule has 1 N–H and O–H groups in total. The number of hydrogen-bond acceptors (Lipinski definition) is 5. The van der Waals surface area contributed by atoms with E-state index in [-0.39, 0.29) is 5.91 Å². The van der Waals surface area contributed by atoms with Gasteiger partial charge in [0.25, 0.3) is 5.91 Å². The number of nitrogens with one attached hydrogen (secondary N) is 1. The summed E-state index contributed by atoms with van der Waals surface area (Å²) in [6.45, 7) is 3.06. The number of anilines is 1. The van der Waals surface area contributed by atoms with Crippen LogP contribution in [0.2, 0.25) is 0 Å². The van der Waals surface area contributed by atoms with Crippen LogP contribution in [0.3, 0.4) is 0 Å². The van der Waals surface area contributed by atoms with Crippen LogP contribution in [0.4, 0.5) is 5.13 Å². The number of aromatic nitrogens is 1. The number of nitrogens with zero attached hydrogens (tertiary/aromatic N) is 3. The molecule has 1 aromatic heterocycles.